The molecule has 2 N–H and O–H groups in total. The lowest BCUT2D eigenvalue weighted by atomic mass is 9.80. The monoisotopic (exact) mass is 539 g/mol. The lowest BCUT2D eigenvalue weighted by molar-refractivity contribution is -0.116. The van der Waals surface area contributed by atoms with Crippen molar-refractivity contribution in [2.24, 2.45) is 0 Å². The molecule has 0 spiro atoms. The predicted octanol–water partition coefficient (Wildman–Crippen LogP) is 7.55. The van der Waals surface area contributed by atoms with E-state index in [9.17, 15) is 9.59 Å². The van der Waals surface area contributed by atoms with Gasteiger partial charge in [-0.3, -0.25) is 9.69 Å². The van der Waals surface area contributed by atoms with E-state index in [1.54, 1.807) is 54.7 Å². The second-order valence-corrected chi connectivity index (χ2v) is 10.00. The molecular weight excluding hydrogens is 514 g/mol. The molecule has 2 amide bonds. The average molecular weight is 540 g/mol. The zero-order chi connectivity index (χ0) is 26.9. The Morgan fingerprint density at radius 1 is 1.00 bits per heavy atom. The quantitative estimate of drug-likeness (QED) is 0.280. The molecule has 3 aromatic carbocycles. The minimum atomic E-state index is -0.684. The van der Waals surface area contributed by atoms with Crippen LogP contribution in [0.1, 0.15) is 36.1 Å². The summed E-state index contributed by atoms with van der Waals surface area (Å²) in [5.41, 5.74) is 4.10. The van der Waals surface area contributed by atoms with Crippen molar-refractivity contribution in [2.45, 2.75) is 24.8 Å². The summed E-state index contributed by atoms with van der Waals surface area (Å²) < 4.78 is 10.9. The molecule has 2 heterocycles. The molecule has 0 radical (unpaired) electrons. The van der Waals surface area contributed by atoms with Crippen molar-refractivity contribution in [3.05, 3.63) is 119 Å². The van der Waals surface area contributed by atoms with E-state index in [4.69, 9.17) is 20.8 Å². The molecule has 0 fully saturated rings. The first-order chi connectivity index (χ1) is 19.0. The number of hydrogen-bond acceptors (Lipinski definition) is 5. The van der Waals surface area contributed by atoms with Gasteiger partial charge in [-0.2, -0.15) is 0 Å². The molecule has 1 aromatic heterocycles. The Kier molecular flexibility index (Phi) is 6.59. The molecule has 2 atom stereocenters. The summed E-state index contributed by atoms with van der Waals surface area (Å²) in [6.07, 6.45) is 2.48. The van der Waals surface area contributed by atoms with Crippen LogP contribution in [0.5, 0.6) is 5.75 Å². The number of carbonyl (C=O) groups excluding carboxylic acids is 2. The number of carbonyl (C=O) groups is 2. The van der Waals surface area contributed by atoms with Crippen LogP contribution in [0.25, 0.3) is 0 Å². The lowest BCUT2D eigenvalue weighted by Gasteiger charge is -2.34. The van der Waals surface area contributed by atoms with E-state index in [-0.39, 0.29) is 24.2 Å². The van der Waals surface area contributed by atoms with Crippen LogP contribution in [-0.2, 0) is 4.79 Å². The third-order valence-corrected chi connectivity index (χ3v) is 7.43. The number of allylic oxidation sites excluding steroid dienone is 1. The van der Waals surface area contributed by atoms with Crippen LogP contribution in [0, 0.1) is 0 Å². The summed E-state index contributed by atoms with van der Waals surface area (Å²) >= 11 is 6.23. The number of anilines is 3. The molecule has 1 aliphatic heterocycles. The number of methoxy groups -OCH3 is 1. The van der Waals surface area contributed by atoms with E-state index in [0.717, 1.165) is 22.7 Å². The highest BCUT2D eigenvalue weighted by Crippen LogP contribution is 2.47. The van der Waals surface area contributed by atoms with Crippen molar-refractivity contribution >= 4 is 40.5 Å². The van der Waals surface area contributed by atoms with E-state index in [0.29, 0.717) is 34.1 Å². The third kappa shape index (κ3) is 4.77. The van der Waals surface area contributed by atoms with Gasteiger partial charge in [0.05, 0.1) is 30.8 Å². The van der Waals surface area contributed by atoms with Crippen molar-refractivity contribution in [1.29, 1.82) is 0 Å². The molecule has 0 bridgehead atoms. The largest absolute Gasteiger partial charge is 0.497 e. The highest BCUT2D eigenvalue weighted by Gasteiger charge is 2.42. The Morgan fingerprint density at radius 2 is 1.77 bits per heavy atom. The topological polar surface area (TPSA) is 83.8 Å². The Morgan fingerprint density at radius 3 is 2.49 bits per heavy atom. The molecule has 0 saturated carbocycles. The second-order valence-electron chi connectivity index (χ2n) is 9.56. The van der Waals surface area contributed by atoms with E-state index in [1.807, 2.05) is 48.5 Å². The van der Waals surface area contributed by atoms with Gasteiger partial charge < -0.3 is 19.8 Å². The van der Waals surface area contributed by atoms with Crippen molar-refractivity contribution in [2.75, 3.05) is 22.6 Å². The van der Waals surface area contributed by atoms with Gasteiger partial charge in [0.15, 0.2) is 5.78 Å². The Hall–Kier alpha value is -4.49. The first kappa shape index (κ1) is 24.8. The number of urea groups is 1. The Balaban J connectivity index is 1.49. The van der Waals surface area contributed by atoms with Crippen molar-refractivity contribution in [3.8, 4) is 5.75 Å². The molecule has 6 rings (SSSR count). The number of amides is 2. The van der Waals surface area contributed by atoms with E-state index < -0.39 is 6.04 Å². The van der Waals surface area contributed by atoms with Gasteiger partial charge in [0.2, 0.25) is 0 Å². The number of nitrogens with one attached hydrogen (secondary N) is 2. The van der Waals surface area contributed by atoms with Gasteiger partial charge in [-0.1, -0.05) is 35.9 Å². The summed E-state index contributed by atoms with van der Waals surface area (Å²) in [5, 5.41) is 7.10. The number of benzene rings is 3. The zero-order valence-electron chi connectivity index (χ0n) is 21.2. The Bertz CT molecular complexity index is 1550. The maximum atomic E-state index is 14.1. The number of rotatable bonds is 4. The van der Waals surface area contributed by atoms with E-state index >= 15 is 0 Å². The summed E-state index contributed by atoms with van der Waals surface area (Å²) in [5.74, 6) is 1.31. The molecule has 0 saturated heterocycles. The minimum Gasteiger partial charge on any atom is -0.497 e. The lowest BCUT2D eigenvalue weighted by Crippen LogP contribution is -2.41. The van der Waals surface area contributed by atoms with Crippen molar-refractivity contribution in [1.82, 2.24) is 0 Å². The molecule has 8 heteroatoms. The normalized spacial score (nSPS) is 18.5. The smallest absolute Gasteiger partial charge is 0.327 e. The summed E-state index contributed by atoms with van der Waals surface area (Å²) in [6, 6.07) is 24.7. The number of Topliss-reactive ketones (excluding diaryl/α,β-unsaturated/α-hetero) is 1. The van der Waals surface area contributed by atoms with Gasteiger partial charge >= 0.3 is 6.03 Å². The second kappa shape index (κ2) is 10.3. The van der Waals surface area contributed by atoms with E-state index in [1.165, 1.54) is 0 Å². The minimum absolute atomic E-state index is 0.0415. The highest BCUT2D eigenvalue weighted by molar-refractivity contribution is 6.30. The van der Waals surface area contributed by atoms with Crippen molar-refractivity contribution < 1.29 is 18.7 Å². The first-order valence-electron chi connectivity index (χ1n) is 12.7. The molecule has 196 valence electrons. The fraction of sp³-hybridized carbons (Fsp3) is 0.161. The molecule has 4 aromatic rings. The van der Waals surface area contributed by atoms with Crippen LogP contribution in [0.2, 0.25) is 5.02 Å². The number of nitrogens with zero attached hydrogens (tertiary/aromatic N) is 1. The fourth-order valence-electron chi connectivity index (χ4n) is 5.36. The summed E-state index contributed by atoms with van der Waals surface area (Å²) in [6.45, 7) is 0. The van der Waals surface area contributed by atoms with Gasteiger partial charge in [0.25, 0.3) is 0 Å². The number of furan rings is 1. The van der Waals surface area contributed by atoms with E-state index in [2.05, 4.69) is 10.6 Å². The van der Waals surface area contributed by atoms with Gasteiger partial charge in [0, 0.05) is 34.3 Å². The van der Waals surface area contributed by atoms with Gasteiger partial charge in [0.1, 0.15) is 11.5 Å². The van der Waals surface area contributed by atoms with Gasteiger partial charge in [-0.25, -0.2) is 4.79 Å². The molecule has 2 aliphatic rings. The molecule has 7 nitrogen and oxygen atoms in total. The average Bonchev–Trinajstić information content (AvgIpc) is 3.44. The molecule has 39 heavy (non-hydrogen) atoms. The van der Waals surface area contributed by atoms with Crippen LogP contribution in [0.4, 0.5) is 21.9 Å². The van der Waals surface area contributed by atoms with Crippen LogP contribution in [0.15, 0.2) is 107 Å². The predicted molar refractivity (Wildman–Crippen MR) is 151 cm³/mol. The fourth-order valence-corrected chi connectivity index (χ4v) is 5.48. The standard InChI is InChI=1S/C31H26ClN3O4/c1-38-23-14-12-22(13-15-23)33-31(37)35-26-6-3-2-5-24(26)34-25-17-20(28-7-4-16-39-28)18-27(36)29(25)30(35)19-8-10-21(32)11-9-19/h2-16,20,30,34H,17-18H2,1H3,(H,33,37)/t20-,30-/m0/s1. The SMILES string of the molecule is COc1ccc(NC(=O)N2c3ccccc3NC3=C(C(=O)C[C@@H](c4ccco4)C3)[C@@H]2c2ccc(Cl)cc2)cc1. The number of halogens is 1. The maximum Gasteiger partial charge on any atom is 0.327 e. The third-order valence-electron chi connectivity index (χ3n) is 7.18. The highest BCUT2D eigenvalue weighted by atomic mass is 35.5. The van der Waals surface area contributed by atoms with Gasteiger partial charge in [-0.05, 0) is 72.6 Å². The maximum absolute atomic E-state index is 14.1. The van der Waals surface area contributed by atoms with Crippen LogP contribution < -0.4 is 20.3 Å². The van der Waals surface area contributed by atoms with Crippen LogP contribution >= 0.6 is 11.6 Å². The molecular formula is C31H26ClN3O4. The van der Waals surface area contributed by atoms with Crippen LogP contribution in [0.3, 0.4) is 0 Å². The first-order valence-corrected chi connectivity index (χ1v) is 13.0. The number of fused-ring (bicyclic) bond motifs is 1. The van der Waals surface area contributed by atoms with Gasteiger partial charge in [-0.15, -0.1) is 0 Å². The van der Waals surface area contributed by atoms with Crippen molar-refractivity contribution in [3.63, 3.8) is 0 Å². The number of ketones is 1. The number of para-hydroxylation sites is 2. The summed E-state index contributed by atoms with van der Waals surface area (Å²) in [7, 11) is 1.59. The molecule has 0 unspecified atom stereocenters. The number of ether oxygens (including phenoxy) is 1. The summed E-state index contributed by atoms with van der Waals surface area (Å²) in [4.78, 5) is 29.7. The molecule has 1 aliphatic carbocycles. The zero-order valence-corrected chi connectivity index (χ0v) is 21.9. The Labute approximate surface area is 231 Å². The van der Waals surface area contributed by atoms with Crippen LogP contribution in [-0.4, -0.2) is 18.9 Å². The number of hydrogen-bond donors (Lipinski definition) is 2.